The molecule has 0 unspecified atom stereocenters. The maximum absolute atomic E-state index is 14.6. The Labute approximate surface area is 271 Å². The van der Waals surface area contributed by atoms with E-state index < -0.39 is 34.9 Å². The molecule has 1 aliphatic carbocycles. The lowest BCUT2D eigenvalue weighted by molar-refractivity contribution is -0.123. The van der Waals surface area contributed by atoms with Crippen LogP contribution in [0.2, 0.25) is 5.02 Å². The van der Waals surface area contributed by atoms with Crippen molar-refractivity contribution in [3.05, 3.63) is 69.4 Å². The van der Waals surface area contributed by atoms with Crippen molar-refractivity contribution in [3.63, 3.8) is 0 Å². The Kier molecular flexibility index (Phi) is 8.21. The molecule has 1 spiro atoms. The van der Waals surface area contributed by atoms with Crippen molar-refractivity contribution < 1.29 is 42.5 Å². The van der Waals surface area contributed by atoms with Crippen LogP contribution in [0.1, 0.15) is 39.0 Å². The van der Waals surface area contributed by atoms with E-state index >= 15 is 0 Å². The Balaban J connectivity index is 1.39. The number of amides is 2. The lowest BCUT2D eigenvalue weighted by atomic mass is 9.70. The minimum atomic E-state index is -2.00. The second-order valence-corrected chi connectivity index (χ2v) is 11.9. The van der Waals surface area contributed by atoms with Gasteiger partial charge in [-0.1, -0.05) is 18.5 Å². The number of nitrogens with one attached hydrogen (secondary N) is 2. The van der Waals surface area contributed by atoms with Crippen LogP contribution in [-0.4, -0.2) is 61.8 Å². The first kappa shape index (κ1) is 31.1. The molecule has 2 aromatic carbocycles. The molecule has 14 heteroatoms. The summed E-state index contributed by atoms with van der Waals surface area (Å²) in [6.07, 6.45) is 1.35. The smallest absolute Gasteiger partial charge is 0.245 e. The summed E-state index contributed by atoms with van der Waals surface area (Å²) in [4.78, 5) is 58.6. The molecule has 2 amide bonds. The van der Waals surface area contributed by atoms with Crippen LogP contribution in [0, 0.1) is 5.92 Å². The number of hydrogen-bond acceptors (Lipinski definition) is 11. The molecule has 2 N–H and O–H groups in total. The second-order valence-electron chi connectivity index (χ2n) is 10.7. The van der Waals surface area contributed by atoms with Crippen molar-refractivity contribution in [2.75, 3.05) is 33.2 Å². The summed E-state index contributed by atoms with van der Waals surface area (Å²) in [5.74, 6) is -1.49. The molecule has 1 aliphatic heterocycles. The zero-order valence-electron chi connectivity index (χ0n) is 25.1. The number of aromatic nitrogens is 1. The minimum absolute atomic E-state index is 0.0177. The summed E-state index contributed by atoms with van der Waals surface area (Å²) in [5.41, 5.74) is -1.09. The standard InChI is InChI=1S/C32H28ClN3O9S/c1-15-11-20-24(29(39)32(15)30(40)25-19(42-3)13-21(43-4)26(33)28(25)45-32)18(27(44-20)16-5-7-17(41-2)8-6-16)12-22(37)35-14-23(38)36-31-34-9-10-46-31/h5-10,13,15H,11-12,14H2,1-4H3,(H,35,37)(H,34,36,38)/t15-,32+/m1/s1. The monoisotopic (exact) mass is 665 g/mol. The van der Waals surface area contributed by atoms with E-state index in [1.165, 1.54) is 38.7 Å². The van der Waals surface area contributed by atoms with Crippen LogP contribution >= 0.6 is 22.9 Å². The fraction of sp³-hybridized carbons (Fsp3) is 0.281. The number of ether oxygens (including phenoxy) is 4. The number of carbonyl (C=O) groups excluding carboxylic acids is 4. The minimum Gasteiger partial charge on any atom is -0.497 e. The number of furan rings is 1. The molecule has 4 aromatic rings. The van der Waals surface area contributed by atoms with Gasteiger partial charge in [-0.15, -0.1) is 11.3 Å². The van der Waals surface area contributed by atoms with Crippen LogP contribution in [0.3, 0.4) is 0 Å². The van der Waals surface area contributed by atoms with Crippen molar-refractivity contribution in [2.45, 2.75) is 25.4 Å². The van der Waals surface area contributed by atoms with E-state index in [0.29, 0.717) is 22.2 Å². The zero-order chi connectivity index (χ0) is 32.7. The molecule has 0 radical (unpaired) electrons. The Morgan fingerprint density at radius 2 is 1.76 bits per heavy atom. The number of rotatable bonds is 9. The maximum Gasteiger partial charge on any atom is 0.245 e. The molecule has 6 rings (SSSR count). The van der Waals surface area contributed by atoms with Gasteiger partial charge in [0, 0.05) is 41.1 Å². The van der Waals surface area contributed by atoms with Gasteiger partial charge in [-0.2, -0.15) is 0 Å². The number of Topliss-reactive ketones (excluding diaryl/α,β-unsaturated/α-hetero) is 2. The van der Waals surface area contributed by atoms with Crippen LogP contribution in [0.4, 0.5) is 5.13 Å². The van der Waals surface area contributed by atoms with Gasteiger partial charge in [0.2, 0.25) is 29.0 Å². The largest absolute Gasteiger partial charge is 0.497 e. The number of benzene rings is 2. The zero-order valence-corrected chi connectivity index (χ0v) is 26.7. The predicted molar refractivity (Wildman–Crippen MR) is 168 cm³/mol. The normalized spacial score (nSPS) is 18.1. The van der Waals surface area contributed by atoms with Crippen LogP contribution in [-0.2, 0) is 22.4 Å². The summed E-state index contributed by atoms with van der Waals surface area (Å²) >= 11 is 7.81. The number of thiazole rings is 1. The summed E-state index contributed by atoms with van der Waals surface area (Å²) in [6, 6.07) is 8.37. The number of halogens is 1. The fourth-order valence-corrected chi connectivity index (χ4v) is 6.64. The van der Waals surface area contributed by atoms with Gasteiger partial charge in [-0.25, -0.2) is 4.98 Å². The predicted octanol–water partition coefficient (Wildman–Crippen LogP) is 4.77. The molecule has 0 saturated carbocycles. The number of methoxy groups -OCH3 is 3. The van der Waals surface area contributed by atoms with Gasteiger partial charge < -0.3 is 34.0 Å². The molecular weight excluding hydrogens is 638 g/mol. The van der Waals surface area contributed by atoms with Crippen molar-refractivity contribution in [3.8, 4) is 34.3 Å². The summed E-state index contributed by atoms with van der Waals surface area (Å²) in [7, 11) is 4.33. The molecule has 0 fully saturated rings. The summed E-state index contributed by atoms with van der Waals surface area (Å²) < 4.78 is 28.7. The van der Waals surface area contributed by atoms with Crippen LogP contribution in [0.5, 0.6) is 23.0 Å². The summed E-state index contributed by atoms with van der Waals surface area (Å²) in [5, 5.41) is 7.31. The third kappa shape index (κ3) is 5.05. The molecule has 3 heterocycles. The van der Waals surface area contributed by atoms with Crippen LogP contribution in [0.15, 0.2) is 46.3 Å². The van der Waals surface area contributed by atoms with E-state index in [4.69, 9.17) is 35.0 Å². The van der Waals surface area contributed by atoms with Crippen LogP contribution in [0.25, 0.3) is 11.3 Å². The SMILES string of the molecule is COc1ccc(-c2oc3c(c2CC(=O)NCC(=O)Nc2nccs2)C(=O)[C@@]2(Oc4c(Cl)c(OC)cc(OC)c4C2=O)[C@H](C)C3)cc1. The van der Waals surface area contributed by atoms with E-state index in [1.54, 1.807) is 42.8 Å². The van der Waals surface area contributed by atoms with Gasteiger partial charge in [-0.05, 0) is 24.3 Å². The van der Waals surface area contributed by atoms with E-state index in [9.17, 15) is 19.2 Å². The van der Waals surface area contributed by atoms with Gasteiger partial charge in [0.25, 0.3) is 0 Å². The Morgan fingerprint density at radius 1 is 1.04 bits per heavy atom. The molecule has 2 aliphatic rings. The lowest BCUT2D eigenvalue weighted by Gasteiger charge is -2.35. The van der Waals surface area contributed by atoms with E-state index in [0.717, 1.165) is 0 Å². The van der Waals surface area contributed by atoms with E-state index in [2.05, 4.69) is 15.6 Å². The first-order chi connectivity index (χ1) is 22.1. The number of anilines is 1. The van der Waals surface area contributed by atoms with E-state index in [1.807, 2.05) is 0 Å². The summed E-state index contributed by atoms with van der Waals surface area (Å²) in [6.45, 7) is 1.38. The average Bonchev–Trinajstić information content (AvgIpc) is 3.77. The number of ketones is 2. The third-order valence-electron chi connectivity index (χ3n) is 8.06. The highest BCUT2D eigenvalue weighted by Crippen LogP contribution is 2.54. The molecule has 2 aromatic heterocycles. The van der Waals surface area contributed by atoms with Crippen LogP contribution < -0.4 is 29.6 Å². The molecule has 238 valence electrons. The maximum atomic E-state index is 14.6. The molecular formula is C32H28ClN3O9S. The number of fused-ring (bicyclic) bond motifs is 2. The van der Waals surface area contributed by atoms with Gasteiger partial charge in [0.15, 0.2) is 10.9 Å². The van der Waals surface area contributed by atoms with Gasteiger partial charge in [0.1, 0.15) is 39.4 Å². The Bertz CT molecular complexity index is 1870. The molecule has 0 saturated heterocycles. The van der Waals surface area contributed by atoms with Gasteiger partial charge in [-0.3, -0.25) is 19.2 Å². The fourth-order valence-electron chi connectivity index (χ4n) is 5.83. The van der Waals surface area contributed by atoms with Gasteiger partial charge >= 0.3 is 0 Å². The molecule has 12 nitrogen and oxygen atoms in total. The first-order valence-electron chi connectivity index (χ1n) is 14.1. The highest BCUT2D eigenvalue weighted by molar-refractivity contribution is 7.13. The Morgan fingerprint density at radius 3 is 2.41 bits per heavy atom. The van der Waals surface area contributed by atoms with Crippen molar-refractivity contribution >= 4 is 51.5 Å². The average molecular weight is 666 g/mol. The second kappa shape index (κ2) is 12.1. The lowest BCUT2D eigenvalue weighted by Crippen LogP contribution is -2.56. The molecule has 46 heavy (non-hydrogen) atoms. The number of hydrogen-bond donors (Lipinski definition) is 2. The van der Waals surface area contributed by atoms with Crippen molar-refractivity contribution in [1.29, 1.82) is 0 Å². The third-order valence-corrected chi connectivity index (χ3v) is 9.11. The Hall–Kier alpha value is -4.88. The highest BCUT2D eigenvalue weighted by atomic mass is 35.5. The highest BCUT2D eigenvalue weighted by Gasteiger charge is 2.63. The van der Waals surface area contributed by atoms with E-state index in [-0.39, 0.29) is 64.1 Å². The molecule has 2 atom stereocenters. The molecule has 0 bridgehead atoms. The van der Waals surface area contributed by atoms with Crippen molar-refractivity contribution in [2.24, 2.45) is 5.92 Å². The number of carbonyl (C=O) groups is 4. The van der Waals surface area contributed by atoms with Crippen molar-refractivity contribution in [1.82, 2.24) is 10.3 Å². The quantitative estimate of drug-likeness (QED) is 0.239. The topological polar surface area (TPSA) is 155 Å². The first-order valence-corrected chi connectivity index (χ1v) is 15.4. The number of nitrogens with zero attached hydrogens (tertiary/aromatic N) is 1. The van der Waals surface area contributed by atoms with Gasteiger partial charge in [0.05, 0.1) is 39.9 Å².